The number of benzene rings is 3. The zero-order valence-corrected chi connectivity index (χ0v) is 19.5. The number of amides is 2. The summed E-state index contributed by atoms with van der Waals surface area (Å²) >= 11 is 3.01. The Hall–Kier alpha value is -3.16. The molecule has 0 atom stereocenters. The Labute approximate surface area is 195 Å². The predicted molar refractivity (Wildman–Crippen MR) is 133 cm³/mol. The van der Waals surface area contributed by atoms with Gasteiger partial charge in [0.1, 0.15) is 0 Å². The Balaban J connectivity index is 1.54. The van der Waals surface area contributed by atoms with Crippen LogP contribution in [0.4, 0.5) is 10.8 Å². The summed E-state index contributed by atoms with van der Waals surface area (Å²) in [6.07, 6.45) is 0. The second-order valence-electron chi connectivity index (χ2n) is 7.38. The molecule has 3 aromatic carbocycles. The van der Waals surface area contributed by atoms with Crippen molar-refractivity contribution in [1.29, 1.82) is 0 Å². The van der Waals surface area contributed by atoms with Crippen molar-refractivity contribution >= 4 is 55.9 Å². The smallest absolute Gasteiger partial charge is 0.239 e. The van der Waals surface area contributed by atoms with E-state index in [1.807, 2.05) is 79.7 Å². The van der Waals surface area contributed by atoms with Gasteiger partial charge in [-0.2, -0.15) is 0 Å². The first-order valence-electron chi connectivity index (χ1n) is 10.2. The highest BCUT2D eigenvalue weighted by Gasteiger charge is 2.21. The molecule has 7 heteroatoms. The molecular weight excluding hydrogens is 438 g/mol. The number of nitrogens with zero attached hydrogens (tertiary/aromatic N) is 2. The van der Waals surface area contributed by atoms with Crippen LogP contribution in [0.5, 0.6) is 0 Å². The van der Waals surface area contributed by atoms with E-state index in [-0.39, 0.29) is 11.8 Å². The fourth-order valence-corrected chi connectivity index (χ4v) is 5.11. The van der Waals surface area contributed by atoms with Gasteiger partial charge in [0.25, 0.3) is 0 Å². The van der Waals surface area contributed by atoms with Crippen LogP contribution < -0.4 is 10.2 Å². The number of aryl methyl sites for hydroxylation is 1. The van der Waals surface area contributed by atoms with Crippen LogP contribution in [-0.4, -0.2) is 22.6 Å². The van der Waals surface area contributed by atoms with Crippen molar-refractivity contribution in [2.24, 2.45) is 0 Å². The van der Waals surface area contributed by atoms with Gasteiger partial charge < -0.3 is 5.32 Å². The Morgan fingerprint density at radius 1 is 1.00 bits per heavy atom. The molecule has 4 aromatic rings. The molecular formula is C25H23N3O2S2. The fraction of sp³-hybridized carbons (Fsp3) is 0.160. The third-order valence-corrected chi connectivity index (χ3v) is 6.90. The number of thioether (sulfide) groups is 1. The molecule has 0 aliphatic carbocycles. The molecule has 1 N–H and O–H groups in total. The van der Waals surface area contributed by atoms with Gasteiger partial charge in [0.2, 0.25) is 11.8 Å². The van der Waals surface area contributed by atoms with Crippen LogP contribution >= 0.6 is 23.1 Å². The Bertz CT molecular complexity index is 1240. The normalized spacial score (nSPS) is 10.8. The van der Waals surface area contributed by atoms with Gasteiger partial charge in [0.05, 0.1) is 22.5 Å². The van der Waals surface area contributed by atoms with E-state index in [2.05, 4.69) is 5.32 Å². The summed E-state index contributed by atoms with van der Waals surface area (Å²) in [5.41, 5.74) is 3.84. The van der Waals surface area contributed by atoms with Crippen LogP contribution in [0.25, 0.3) is 10.2 Å². The lowest BCUT2D eigenvalue weighted by Gasteiger charge is -2.20. The highest BCUT2D eigenvalue weighted by Crippen LogP contribution is 2.32. The maximum atomic E-state index is 13.3. The molecule has 32 heavy (non-hydrogen) atoms. The van der Waals surface area contributed by atoms with Crippen LogP contribution in [0, 0.1) is 6.92 Å². The average Bonchev–Trinajstić information content (AvgIpc) is 3.22. The first-order chi connectivity index (χ1) is 15.5. The summed E-state index contributed by atoms with van der Waals surface area (Å²) < 4.78 is 1.08. The molecule has 162 valence electrons. The van der Waals surface area contributed by atoms with E-state index < -0.39 is 0 Å². The van der Waals surface area contributed by atoms with Gasteiger partial charge >= 0.3 is 0 Å². The van der Waals surface area contributed by atoms with E-state index in [1.165, 1.54) is 18.7 Å². The highest BCUT2D eigenvalue weighted by atomic mass is 32.2. The fourth-order valence-electron chi connectivity index (χ4n) is 3.28. The number of carbonyl (C=O) groups is 2. The van der Waals surface area contributed by atoms with Gasteiger partial charge in [0, 0.05) is 17.5 Å². The van der Waals surface area contributed by atoms with Crippen LogP contribution in [0.1, 0.15) is 18.1 Å². The minimum atomic E-state index is -0.108. The molecule has 0 unspecified atom stereocenters. The lowest BCUT2D eigenvalue weighted by atomic mass is 10.2. The number of thiazole rings is 1. The van der Waals surface area contributed by atoms with Gasteiger partial charge in [-0.15, -0.1) is 11.8 Å². The molecule has 0 fully saturated rings. The van der Waals surface area contributed by atoms with Gasteiger partial charge in [-0.05, 0) is 48.4 Å². The molecule has 4 rings (SSSR count). The minimum Gasteiger partial charge on any atom is -0.326 e. The number of hydrogen-bond acceptors (Lipinski definition) is 5. The zero-order chi connectivity index (χ0) is 22.5. The summed E-state index contributed by atoms with van der Waals surface area (Å²) in [5.74, 6) is 0.186. The first-order valence-corrected chi connectivity index (χ1v) is 12.0. The first kappa shape index (κ1) is 22.0. The van der Waals surface area contributed by atoms with Crippen LogP contribution in [0.15, 0.2) is 77.7 Å². The number of hydrogen-bond donors (Lipinski definition) is 1. The van der Waals surface area contributed by atoms with Crippen molar-refractivity contribution in [3.8, 4) is 0 Å². The maximum absolute atomic E-state index is 13.3. The van der Waals surface area contributed by atoms with Crippen molar-refractivity contribution in [3.05, 3.63) is 83.9 Å². The maximum Gasteiger partial charge on any atom is 0.239 e. The zero-order valence-electron chi connectivity index (χ0n) is 17.9. The number of carbonyl (C=O) groups excluding carboxylic acids is 2. The van der Waals surface area contributed by atoms with E-state index in [0.717, 1.165) is 31.9 Å². The molecule has 0 saturated heterocycles. The van der Waals surface area contributed by atoms with Crippen molar-refractivity contribution in [3.63, 3.8) is 0 Å². The standard InChI is InChI=1S/C25H23N3O2S2/c1-17-7-6-10-22-24(17)27-25(32-22)28(15-19-8-4-3-5-9-19)23(30)16-31-21-13-11-20(12-14-21)26-18(2)29/h3-14H,15-16H2,1-2H3,(H,26,29). The molecule has 0 saturated carbocycles. The number of para-hydroxylation sites is 1. The molecule has 0 aliphatic rings. The van der Waals surface area contributed by atoms with E-state index >= 15 is 0 Å². The van der Waals surface area contributed by atoms with E-state index in [1.54, 1.807) is 16.2 Å². The minimum absolute atomic E-state index is 0.00139. The molecule has 0 bridgehead atoms. The lowest BCUT2D eigenvalue weighted by Crippen LogP contribution is -2.31. The van der Waals surface area contributed by atoms with Gasteiger partial charge in [-0.3, -0.25) is 14.5 Å². The number of fused-ring (bicyclic) bond motifs is 1. The average molecular weight is 462 g/mol. The third kappa shape index (κ3) is 5.36. The van der Waals surface area contributed by atoms with Crippen LogP contribution in [0.2, 0.25) is 0 Å². The Morgan fingerprint density at radius 2 is 1.75 bits per heavy atom. The molecule has 0 radical (unpaired) electrons. The van der Waals surface area contributed by atoms with Crippen molar-refractivity contribution in [2.75, 3.05) is 16.0 Å². The lowest BCUT2D eigenvalue weighted by molar-refractivity contribution is -0.116. The van der Waals surface area contributed by atoms with E-state index in [9.17, 15) is 9.59 Å². The van der Waals surface area contributed by atoms with Crippen molar-refractivity contribution in [2.45, 2.75) is 25.3 Å². The predicted octanol–water partition coefficient (Wildman–Crippen LogP) is 5.89. The summed E-state index contributed by atoms with van der Waals surface area (Å²) in [4.78, 5) is 32.0. The number of rotatable bonds is 7. The quantitative estimate of drug-likeness (QED) is 0.349. The second-order valence-corrected chi connectivity index (χ2v) is 9.44. The summed E-state index contributed by atoms with van der Waals surface area (Å²) in [7, 11) is 0. The monoisotopic (exact) mass is 461 g/mol. The highest BCUT2D eigenvalue weighted by molar-refractivity contribution is 8.00. The van der Waals surface area contributed by atoms with Crippen LogP contribution in [-0.2, 0) is 16.1 Å². The SMILES string of the molecule is CC(=O)Nc1ccc(SCC(=O)N(Cc2ccccc2)c2nc3c(C)cccc3s2)cc1. The van der Waals surface area contributed by atoms with Gasteiger partial charge in [-0.1, -0.05) is 53.8 Å². The number of aromatic nitrogens is 1. The van der Waals surface area contributed by atoms with Crippen LogP contribution in [0.3, 0.4) is 0 Å². The molecule has 0 spiro atoms. The van der Waals surface area contributed by atoms with E-state index in [4.69, 9.17) is 4.98 Å². The summed E-state index contributed by atoms with van der Waals surface area (Å²) in [5, 5.41) is 3.46. The Kier molecular flexibility index (Phi) is 6.87. The topological polar surface area (TPSA) is 62.3 Å². The molecule has 0 aliphatic heterocycles. The molecule has 5 nitrogen and oxygen atoms in total. The summed E-state index contributed by atoms with van der Waals surface area (Å²) in [6, 6.07) is 23.6. The van der Waals surface area contributed by atoms with E-state index in [0.29, 0.717) is 17.4 Å². The van der Waals surface area contributed by atoms with Crippen molar-refractivity contribution in [1.82, 2.24) is 4.98 Å². The van der Waals surface area contributed by atoms with Gasteiger partial charge in [0.15, 0.2) is 5.13 Å². The molecule has 1 aromatic heterocycles. The number of nitrogens with one attached hydrogen (secondary N) is 1. The Morgan fingerprint density at radius 3 is 2.44 bits per heavy atom. The van der Waals surface area contributed by atoms with Gasteiger partial charge in [-0.25, -0.2) is 4.98 Å². The second kappa shape index (κ2) is 9.97. The number of anilines is 2. The summed E-state index contributed by atoms with van der Waals surface area (Å²) in [6.45, 7) is 3.99. The van der Waals surface area contributed by atoms with Crippen molar-refractivity contribution < 1.29 is 9.59 Å². The largest absolute Gasteiger partial charge is 0.326 e. The third-order valence-electron chi connectivity index (χ3n) is 4.86. The molecule has 1 heterocycles. The molecule has 2 amide bonds.